The zero-order valence-corrected chi connectivity index (χ0v) is 14.4. The number of aryl methyl sites for hydroxylation is 2. The number of piperazine rings is 1. The van der Waals surface area contributed by atoms with Crippen molar-refractivity contribution in [2.24, 2.45) is 0 Å². The molecule has 0 atom stereocenters. The lowest BCUT2D eigenvalue weighted by molar-refractivity contribution is -0.133. The molecule has 3 rings (SSSR count). The Labute approximate surface area is 143 Å². The first-order valence-corrected chi connectivity index (χ1v) is 8.41. The molecular weight excluding hydrogens is 300 g/mol. The van der Waals surface area contributed by atoms with E-state index in [0.717, 1.165) is 31.9 Å². The summed E-state index contributed by atoms with van der Waals surface area (Å²) in [5.41, 5.74) is 3.72. The number of amides is 1. The smallest absolute Gasteiger partial charge is 0.260 e. The Hall–Kier alpha value is -2.49. The standard InChI is InChI=1S/C20H24N2O2/c1-16-7-9-18(10-8-16)24-15-20(23)22-13-11-21(12-14-22)19-6-4-3-5-17(19)2/h3-10H,11-15H2,1-2H3. The molecule has 126 valence electrons. The molecule has 0 unspecified atom stereocenters. The molecule has 0 bridgehead atoms. The van der Waals surface area contributed by atoms with Crippen LogP contribution in [-0.2, 0) is 4.79 Å². The molecule has 0 aromatic heterocycles. The van der Waals surface area contributed by atoms with Gasteiger partial charge in [-0.3, -0.25) is 4.79 Å². The van der Waals surface area contributed by atoms with Gasteiger partial charge < -0.3 is 14.5 Å². The number of ether oxygens (including phenoxy) is 1. The quantitative estimate of drug-likeness (QED) is 0.867. The van der Waals surface area contributed by atoms with Crippen LogP contribution in [0.3, 0.4) is 0 Å². The van der Waals surface area contributed by atoms with Crippen molar-refractivity contribution in [1.29, 1.82) is 0 Å². The lowest BCUT2D eigenvalue weighted by atomic mass is 10.1. The lowest BCUT2D eigenvalue weighted by Gasteiger charge is -2.36. The topological polar surface area (TPSA) is 32.8 Å². The Kier molecular flexibility index (Phi) is 5.04. The number of hydrogen-bond acceptors (Lipinski definition) is 3. The van der Waals surface area contributed by atoms with E-state index in [1.54, 1.807) is 0 Å². The van der Waals surface area contributed by atoms with Gasteiger partial charge >= 0.3 is 0 Å². The molecule has 0 saturated carbocycles. The third-order valence-corrected chi connectivity index (χ3v) is 4.47. The molecule has 2 aromatic rings. The molecular formula is C20H24N2O2. The van der Waals surface area contributed by atoms with Crippen LogP contribution in [0.25, 0.3) is 0 Å². The maximum atomic E-state index is 12.3. The minimum absolute atomic E-state index is 0.0556. The number of carbonyl (C=O) groups excluding carboxylic acids is 1. The number of benzene rings is 2. The molecule has 1 amide bonds. The largest absolute Gasteiger partial charge is 0.484 e. The van der Waals surface area contributed by atoms with Crippen LogP contribution in [0.1, 0.15) is 11.1 Å². The van der Waals surface area contributed by atoms with Gasteiger partial charge in [0.2, 0.25) is 0 Å². The minimum Gasteiger partial charge on any atom is -0.484 e. The van der Waals surface area contributed by atoms with Crippen LogP contribution in [0.2, 0.25) is 0 Å². The maximum Gasteiger partial charge on any atom is 0.260 e. The summed E-state index contributed by atoms with van der Waals surface area (Å²) >= 11 is 0. The van der Waals surface area contributed by atoms with Crippen LogP contribution in [0, 0.1) is 13.8 Å². The van der Waals surface area contributed by atoms with Crippen LogP contribution in [0.15, 0.2) is 48.5 Å². The van der Waals surface area contributed by atoms with E-state index in [1.807, 2.05) is 36.1 Å². The molecule has 1 aliphatic rings. The second-order valence-corrected chi connectivity index (χ2v) is 6.26. The molecule has 4 nitrogen and oxygen atoms in total. The summed E-state index contributed by atoms with van der Waals surface area (Å²) in [6, 6.07) is 16.2. The molecule has 1 heterocycles. The van der Waals surface area contributed by atoms with Crippen molar-refractivity contribution >= 4 is 11.6 Å². The molecule has 0 radical (unpaired) electrons. The van der Waals surface area contributed by atoms with E-state index in [0.29, 0.717) is 0 Å². The monoisotopic (exact) mass is 324 g/mol. The Morgan fingerprint density at radius 2 is 1.62 bits per heavy atom. The highest BCUT2D eigenvalue weighted by Crippen LogP contribution is 2.21. The van der Waals surface area contributed by atoms with E-state index in [1.165, 1.54) is 16.8 Å². The predicted octanol–water partition coefficient (Wildman–Crippen LogP) is 3.03. The Balaban J connectivity index is 1.50. The summed E-state index contributed by atoms with van der Waals surface area (Å²) in [5.74, 6) is 0.799. The van der Waals surface area contributed by atoms with Gasteiger partial charge in [-0.1, -0.05) is 35.9 Å². The molecule has 4 heteroatoms. The van der Waals surface area contributed by atoms with Crippen LogP contribution >= 0.6 is 0 Å². The molecule has 2 aromatic carbocycles. The first kappa shape index (κ1) is 16.4. The van der Waals surface area contributed by atoms with Gasteiger partial charge in [0, 0.05) is 31.9 Å². The third kappa shape index (κ3) is 3.88. The molecule has 0 aliphatic carbocycles. The first-order chi connectivity index (χ1) is 11.6. The summed E-state index contributed by atoms with van der Waals surface area (Å²) in [6.07, 6.45) is 0. The normalized spacial score (nSPS) is 14.6. The molecule has 1 saturated heterocycles. The summed E-state index contributed by atoms with van der Waals surface area (Å²) in [4.78, 5) is 16.6. The van der Waals surface area contributed by atoms with E-state index < -0.39 is 0 Å². The first-order valence-electron chi connectivity index (χ1n) is 8.41. The van der Waals surface area contributed by atoms with E-state index in [9.17, 15) is 4.79 Å². The Bertz CT molecular complexity index is 689. The number of nitrogens with zero attached hydrogens (tertiary/aromatic N) is 2. The van der Waals surface area contributed by atoms with Gasteiger partial charge in [-0.25, -0.2) is 0 Å². The summed E-state index contributed by atoms with van der Waals surface area (Å²) < 4.78 is 5.60. The van der Waals surface area contributed by atoms with Crippen molar-refractivity contribution in [2.75, 3.05) is 37.7 Å². The SMILES string of the molecule is Cc1ccc(OCC(=O)N2CCN(c3ccccc3C)CC2)cc1. The third-order valence-electron chi connectivity index (χ3n) is 4.47. The molecule has 0 N–H and O–H groups in total. The minimum atomic E-state index is 0.0556. The van der Waals surface area contributed by atoms with Crippen LogP contribution in [0.4, 0.5) is 5.69 Å². The van der Waals surface area contributed by atoms with Gasteiger partial charge in [-0.2, -0.15) is 0 Å². The van der Waals surface area contributed by atoms with Crippen LogP contribution in [0.5, 0.6) is 5.75 Å². The van der Waals surface area contributed by atoms with Crippen molar-refractivity contribution < 1.29 is 9.53 Å². The molecule has 24 heavy (non-hydrogen) atoms. The molecule has 1 aliphatic heterocycles. The van der Waals surface area contributed by atoms with Crippen molar-refractivity contribution in [3.8, 4) is 5.75 Å². The summed E-state index contributed by atoms with van der Waals surface area (Å²) in [5, 5.41) is 0. The maximum absolute atomic E-state index is 12.3. The number of para-hydroxylation sites is 1. The lowest BCUT2D eigenvalue weighted by Crippen LogP contribution is -2.50. The van der Waals surface area contributed by atoms with E-state index >= 15 is 0 Å². The average Bonchev–Trinajstić information content (AvgIpc) is 2.61. The summed E-state index contributed by atoms with van der Waals surface area (Å²) in [6.45, 7) is 7.47. The van der Waals surface area contributed by atoms with Gasteiger partial charge in [-0.15, -0.1) is 0 Å². The summed E-state index contributed by atoms with van der Waals surface area (Å²) in [7, 11) is 0. The van der Waals surface area contributed by atoms with Crippen LogP contribution in [-0.4, -0.2) is 43.6 Å². The van der Waals surface area contributed by atoms with Gasteiger partial charge in [0.15, 0.2) is 6.61 Å². The highest BCUT2D eigenvalue weighted by molar-refractivity contribution is 5.78. The fourth-order valence-corrected chi connectivity index (χ4v) is 2.99. The fraction of sp³-hybridized carbons (Fsp3) is 0.350. The zero-order valence-electron chi connectivity index (χ0n) is 14.4. The number of rotatable bonds is 4. The Morgan fingerprint density at radius 3 is 2.29 bits per heavy atom. The second-order valence-electron chi connectivity index (χ2n) is 6.26. The highest BCUT2D eigenvalue weighted by Gasteiger charge is 2.22. The average molecular weight is 324 g/mol. The van der Waals surface area contributed by atoms with Crippen molar-refractivity contribution in [2.45, 2.75) is 13.8 Å². The van der Waals surface area contributed by atoms with Gasteiger partial charge in [0.25, 0.3) is 5.91 Å². The molecule has 0 spiro atoms. The van der Waals surface area contributed by atoms with Crippen molar-refractivity contribution in [3.05, 3.63) is 59.7 Å². The second kappa shape index (κ2) is 7.39. The number of carbonyl (C=O) groups is 1. The predicted molar refractivity (Wildman–Crippen MR) is 96.6 cm³/mol. The van der Waals surface area contributed by atoms with Gasteiger partial charge in [0.1, 0.15) is 5.75 Å². The Morgan fingerprint density at radius 1 is 0.958 bits per heavy atom. The van der Waals surface area contributed by atoms with Crippen molar-refractivity contribution in [1.82, 2.24) is 4.90 Å². The zero-order chi connectivity index (χ0) is 16.9. The van der Waals surface area contributed by atoms with Gasteiger partial charge in [-0.05, 0) is 37.6 Å². The van der Waals surface area contributed by atoms with Crippen LogP contribution < -0.4 is 9.64 Å². The highest BCUT2D eigenvalue weighted by atomic mass is 16.5. The van der Waals surface area contributed by atoms with E-state index in [4.69, 9.17) is 4.74 Å². The molecule has 1 fully saturated rings. The van der Waals surface area contributed by atoms with E-state index in [2.05, 4.69) is 36.1 Å². The fourth-order valence-electron chi connectivity index (χ4n) is 2.99. The number of anilines is 1. The number of hydrogen-bond donors (Lipinski definition) is 0. The van der Waals surface area contributed by atoms with E-state index in [-0.39, 0.29) is 12.5 Å². The van der Waals surface area contributed by atoms with Crippen molar-refractivity contribution in [3.63, 3.8) is 0 Å². The van der Waals surface area contributed by atoms with Gasteiger partial charge in [0.05, 0.1) is 0 Å².